The summed E-state index contributed by atoms with van der Waals surface area (Å²) in [6.07, 6.45) is 9.12. The van der Waals surface area contributed by atoms with Gasteiger partial charge in [0.2, 0.25) is 11.8 Å². The van der Waals surface area contributed by atoms with E-state index in [1.807, 2.05) is 18.7 Å². The van der Waals surface area contributed by atoms with E-state index in [1.165, 1.54) is 19.3 Å². The normalized spacial score (nSPS) is 41.6. The number of carbonyl (C=O) groups is 2. The Hall–Kier alpha value is -1.06. The lowest BCUT2D eigenvalue weighted by atomic mass is 9.49. The largest absolute Gasteiger partial charge is 0.352 e. The number of nitrogens with zero attached hydrogens (tertiary/aromatic N) is 1. The highest BCUT2D eigenvalue weighted by Gasteiger charge is 2.56. The second kappa shape index (κ2) is 5.49. The van der Waals surface area contributed by atoms with Gasteiger partial charge in [-0.15, -0.1) is 0 Å². The van der Waals surface area contributed by atoms with Crippen LogP contribution in [0.1, 0.15) is 65.2 Å². The predicted molar refractivity (Wildman–Crippen MR) is 88.6 cm³/mol. The molecule has 0 spiro atoms. The van der Waals surface area contributed by atoms with Crippen molar-refractivity contribution >= 4 is 11.8 Å². The molecule has 4 aliphatic carbocycles. The lowest BCUT2D eigenvalue weighted by Crippen LogP contribution is -2.57. The molecule has 4 bridgehead atoms. The van der Waals surface area contributed by atoms with Gasteiger partial charge >= 0.3 is 0 Å². The van der Waals surface area contributed by atoms with Crippen LogP contribution in [-0.4, -0.2) is 35.3 Å². The fourth-order valence-corrected chi connectivity index (χ4v) is 6.34. The quantitative estimate of drug-likeness (QED) is 0.870. The standard InChI is InChI=1S/C19H30N2O2/c1-12(2)20-17(22)16-4-3-5-21(16)18(23)19-9-13-6-14(10-19)8-15(7-13)11-19/h12-16H,3-11H2,1-2H3,(H,20,22)/t13?,14?,15?,16-,19?/m1/s1. The molecular weight excluding hydrogens is 288 g/mol. The van der Waals surface area contributed by atoms with E-state index >= 15 is 0 Å². The number of likely N-dealkylation sites (tertiary alicyclic amines) is 1. The van der Waals surface area contributed by atoms with E-state index in [0.717, 1.165) is 56.4 Å². The molecule has 4 nitrogen and oxygen atoms in total. The minimum Gasteiger partial charge on any atom is -0.352 e. The Morgan fingerprint density at radius 1 is 1.04 bits per heavy atom. The van der Waals surface area contributed by atoms with Crippen LogP contribution < -0.4 is 5.32 Å². The molecule has 23 heavy (non-hydrogen) atoms. The molecule has 1 N–H and O–H groups in total. The summed E-state index contributed by atoms with van der Waals surface area (Å²) in [6.45, 7) is 4.74. The van der Waals surface area contributed by atoms with E-state index in [4.69, 9.17) is 0 Å². The fourth-order valence-electron chi connectivity index (χ4n) is 6.34. The zero-order valence-corrected chi connectivity index (χ0v) is 14.5. The van der Waals surface area contributed by atoms with Crippen molar-refractivity contribution in [2.24, 2.45) is 23.2 Å². The van der Waals surface area contributed by atoms with Gasteiger partial charge in [-0.3, -0.25) is 9.59 Å². The van der Waals surface area contributed by atoms with Crippen molar-refractivity contribution in [3.63, 3.8) is 0 Å². The molecule has 0 unspecified atom stereocenters. The summed E-state index contributed by atoms with van der Waals surface area (Å²) < 4.78 is 0. The van der Waals surface area contributed by atoms with Crippen LogP contribution in [0.3, 0.4) is 0 Å². The van der Waals surface area contributed by atoms with Crippen LogP contribution in [0.4, 0.5) is 0 Å². The molecule has 5 aliphatic rings. The first-order valence-corrected chi connectivity index (χ1v) is 9.58. The third-order valence-corrected chi connectivity index (χ3v) is 6.74. The van der Waals surface area contributed by atoms with E-state index in [0.29, 0.717) is 5.91 Å². The summed E-state index contributed by atoms with van der Waals surface area (Å²) in [5, 5.41) is 3.01. The van der Waals surface area contributed by atoms with Crippen molar-refractivity contribution < 1.29 is 9.59 Å². The van der Waals surface area contributed by atoms with Crippen LogP contribution in [0.2, 0.25) is 0 Å². The molecule has 1 atom stereocenters. The highest BCUT2D eigenvalue weighted by Crippen LogP contribution is 2.60. The first kappa shape index (κ1) is 15.5. The van der Waals surface area contributed by atoms with Gasteiger partial charge in [0, 0.05) is 12.6 Å². The van der Waals surface area contributed by atoms with E-state index < -0.39 is 0 Å². The molecular formula is C19H30N2O2. The smallest absolute Gasteiger partial charge is 0.243 e. The Bertz CT molecular complexity index is 478. The Kier molecular flexibility index (Phi) is 3.69. The first-order chi connectivity index (χ1) is 11.0. The molecule has 1 saturated heterocycles. The van der Waals surface area contributed by atoms with Gasteiger partial charge in [0.1, 0.15) is 6.04 Å². The lowest BCUT2D eigenvalue weighted by molar-refractivity contribution is -0.160. The van der Waals surface area contributed by atoms with Gasteiger partial charge in [0.25, 0.3) is 0 Å². The molecule has 2 amide bonds. The molecule has 4 heteroatoms. The maximum Gasteiger partial charge on any atom is 0.243 e. The van der Waals surface area contributed by atoms with Gasteiger partial charge in [-0.05, 0) is 83.0 Å². The molecule has 4 saturated carbocycles. The maximum absolute atomic E-state index is 13.4. The number of hydrogen-bond acceptors (Lipinski definition) is 2. The second-order valence-corrected chi connectivity index (χ2v) is 9.02. The third kappa shape index (κ3) is 2.58. The number of rotatable bonds is 3. The maximum atomic E-state index is 13.4. The van der Waals surface area contributed by atoms with Crippen LogP contribution in [0.25, 0.3) is 0 Å². The Morgan fingerprint density at radius 3 is 2.13 bits per heavy atom. The minimum absolute atomic E-state index is 0.0515. The number of amides is 2. The summed E-state index contributed by atoms with van der Waals surface area (Å²) in [5.74, 6) is 2.69. The van der Waals surface area contributed by atoms with Crippen LogP contribution in [-0.2, 0) is 9.59 Å². The van der Waals surface area contributed by atoms with Gasteiger partial charge in [-0.1, -0.05) is 0 Å². The van der Waals surface area contributed by atoms with E-state index in [-0.39, 0.29) is 23.4 Å². The Balaban J connectivity index is 1.53. The highest BCUT2D eigenvalue weighted by molar-refractivity contribution is 5.91. The minimum atomic E-state index is -0.224. The van der Waals surface area contributed by atoms with Crippen molar-refractivity contribution in [3.8, 4) is 0 Å². The Labute approximate surface area is 139 Å². The fraction of sp³-hybridized carbons (Fsp3) is 0.895. The van der Waals surface area contributed by atoms with Crippen molar-refractivity contribution in [1.29, 1.82) is 0 Å². The van der Waals surface area contributed by atoms with Crippen LogP contribution in [0.5, 0.6) is 0 Å². The van der Waals surface area contributed by atoms with Crippen LogP contribution in [0.15, 0.2) is 0 Å². The SMILES string of the molecule is CC(C)NC(=O)[C@H]1CCCN1C(=O)C12CC3CC(CC(C3)C1)C2. The van der Waals surface area contributed by atoms with Crippen molar-refractivity contribution in [2.75, 3.05) is 6.54 Å². The van der Waals surface area contributed by atoms with Gasteiger partial charge < -0.3 is 10.2 Å². The summed E-state index contributed by atoms with van der Waals surface area (Å²) in [6, 6.07) is -0.0856. The van der Waals surface area contributed by atoms with Gasteiger partial charge in [0.05, 0.1) is 5.41 Å². The zero-order chi connectivity index (χ0) is 16.2. The second-order valence-electron chi connectivity index (χ2n) is 9.02. The van der Waals surface area contributed by atoms with Crippen LogP contribution >= 0.6 is 0 Å². The average molecular weight is 318 g/mol. The number of hydrogen-bond donors (Lipinski definition) is 1. The lowest BCUT2D eigenvalue weighted by Gasteiger charge is -2.56. The van der Waals surface area contributed by atoms with Crippen LogP contribution in [0, 0.1) is 23.2 Å². The molecule has 0 aromatic carbocycles. The van der Waals surface area contributed by atoms with Gasteiger partial charge in [0.15, 0.2) is 0 Å². The third-order valence-electron chi connectivity index (χ3n) is 6.74. The first-order valence-electron chi connectivity index (χ1n) is 9.58. The van der Waals surface area contributed by atoms with Crippen molar-refractivity contribution in [3.05, 3.63) is 0 Å². The van der Waals surface area contributed by atoms with Gasteiger partial charge in [-0.2, -0.15) is 0 Å². The Morgan fingerprint density at radius 2 is 1.61 bits per heavy atom. The van der Waals surface area contributed by atoms with Crippen molar-refractivity contribution in [2.45, 2.75) is 77.3 Å². The predicted octanol–water partition coefficient (Wildman–Crippen LogP) is 2.72. The monoisotopic (exact) mass is 318 g/mol. The summed E-state index contributed by atoms with van der Waals surface area (Å²) in [7, 11) is 0. The van der Waals surface area contributed by atoms with Gasteiger partial charge in [-0.25, -0.2) is 0 Å². The molecule has 1 aliphatic heterocycles. The molecule has 0 radical (unpaired) electrons. The number of carbonyl (C=O) groups excluding carboxylic acids is 2. The van der Waals surface area contributed by atoms with E-state index in [1.54, 1.807) is 0 Å². The zero-order valence-electron chi connectivity index (χ0n) is 14.5. The summed E-state index contributed by atoms with van der Waals surface area (Å²) in [4.78, 5) is 27.9. The topological polar surface area (TPSA) is 49.4 Å². The van der Waals surface area contributed by atoms with Crippen molar-refractivity contribution in [1.82, 2.24) is 10.2 Å². The average Bonchev–Trinajstić information content (AvgIpc) is 2.93. The molecule has 1 heterocycles. The summed E-state index contributed by atoms with van der Waals surface area (Å²) >= 11 is 0. The highest BCUT2D eigenvalue weighted by atomic mass is 16.2. The number of nitrogens with one attached hydrogen (secondary N) is 1. The van der Waals surface area contributed by atoms with E-state index in [2.05, 4.69) is 5.32 Å². The summed E-state index contributed by atoms with van der Waals surface area (Å²) in [5.41, 5.74) is -0.116. The molecule has 128 valence electrons. The van der Waals surface area contributed by atoms with E-state index in [9.17, 15) is 9.59 Å². The molecule has 5 rings (SSSR count). The molecule has 0 aromatic heterocycles. The molecule has 0 aromatic rings. The molecule has 5 fully saturated rings.